The summed E-state index contributed by atoms with van der Waals surface area (Å²) in [5.74, 6) is 2.72. The summed E-state index contributed by atoms with van der Waals surface area (Å²) < 4.78 is 20.2. The Morgan fingerprint density at radius 1 is 1.17 bits per heavy atom. The number of ether oxygens (including phenoxy) is 1. The fourth-order valence-corrected chi connectivity index (χ4v) is 4.37. The Morgan fingerprint density at radius 3 is 2.67 bits per heavy atom. The molecule has 9 heteroatoms. The van der Waals surface area contributed by atoms with Crippen molar-refractivity contribution in [1.29, 1.82) is 0 Å². The van der Waals surface area contributed by atoms with Gasteiger partial charge in [0.25, 0.3) is 0 Å². The number of hydrogen-bond acceptors (Lipinski definition) is 6. The van der Waals surface area contributed by atoms with Gasteiger partial charge in [-0.1, -0.05) is 30.0 Å². The first-order chi connectivity index (χ1) is 14.5. The lowest BCUT2D eigenvalue weighted by Crippen LogP contribution is -2.15. The normalized spacial score (nSPS) is 10.8. The maximum atomic E-state index is 13.0. The summed E-state index contributed by atoms with van der Waals surface area (Å²) in [5.41, 5.74) is 2.75. The van der Waals surface area contributed by atoms with E-state index in [2.05, 4.69) is 15.5 Å². The van der Waals surface area contributed by atoms with Crippen molar-refractivity contribution >= 4 is 35.1 Å². The van der Waals surface area contributed by atoms with Crippen LogP contribution in [-0.4, -0.2) is 33.5 Å². The summed E-state index contributed by atoms with van der Waals surface area (Å²) in [6.45, 7) is 1.96. The molecule has 1 amide bonds. The zero-order valence-corrected chi connectivity index (χ0v) is 18.6. The molecule has 0 atom stereocenters. The summed E-state index contributed by atoms with van der Waals surface area (Å²) in [6.07, 6.45) is 0. The largest absolute Gasteiger partial charge is 0.495 e. The van der Waals surface area contributed by atoms with Crippen LogP contribution in [0.25, 0.3) is 0 Å². The Morgan fingerprint density at radius 2 is 1.93 bits per heavy atom. The van der Waals surface area contributed by atoms with Gasteiger partial charge in [-0.2, -0.15) is 0 Å². The van der Waals surface area contributed by atoms with E-state index in [0.717, 1.165) is 22.7 Å². The molecule has 3 aromatic rings. The van der Waals surface area contributed by atoms with Crippen molar-refractivity contribution in [3.63, 3.8) is 0 Å². The number of hydrogen-bond donors (Lipinski definition) is 1. The van der Waals surface area contributed by atoms with E-state index in [1.54, 1.807) is 31.0 Å². The topological polar surface area (TPSA) is 69.0 Å². The fraction of sp³-hybridized carbons (Fsp3) is 0.286. The van der Waals surface area contributed by atoms with Gasteiger partial charge in [0.15, 0.2) is 5.16 Å². The molecular formula is C21H23FN4O2S2. The van der Waals surface area contributed by atoms with Crippen molar-refractivity contribution in [2.24, 2.45) is 7.05 Å². The first-order valence-corrected chi connectivity index (χ1v) is 11.4. The number of thioether (sulfide) groups is 2. The molecule has 0 bridgehead atoms. The van der Waals surface area contributed by atoms with Crippen LogP contribution in [0.15, 0.2) is 47.6 Å². The number of carbonyl (C=O) groups excluding carboxylic acids is 1. The Kier molecular flexibility index (Phi) is 7.75. The number of carbonyl (C=O) groups is 1. The van der Waals surface area contributed by atoms with Crippen LogP contribution in [0.5, 0.6) is 5.75 Å². The number of nitrogens with one attached hydrogen (secondary N) is 1. The average molecular weight is 447 g/mol. The lowest BCUT2D eigenvalue weighted by molar-refractivity contribution is -0.113. The zero-order chi connectivity index (χ0) is 21.5. The first-order valence-electron chi connectivity index (χ1n) is 9.24. The smallest absolute Gasteiger partial charge is 0.234 e. The SMILES string of the molecule is COc1ccc(C)cc1NC(=O)CSc1nnc(CSCc2ccc(F)cc2)n1C. The standard InChI is InChI=1S/C21H23FN4O2S2/c1-14-4-9-18(28-3)17(10-14)23-20(27)13-30-21-25-24-19(26(21)2)12-29-11-15-5-7-16(22)8-6-15/h4-10H,11-13H2,1-3H3,(H,23,27). The quantitative estimate of drug-likeness (QED) is 0.490. The summed E-state index contributed by atoms with van der Waals surface area (Å²) in [4.78, 5) is 12.4. The van der Waals surface area contributed by atoms with Crippen LogP contribution in [0.1, 0.15) is 17.0 Å². The van der Waals surface area contributed by atoms with E-state index in [1.807, 2.05) is 36.7 Å². The minimum absolute atomic E-state index is 0.140. The monoisotopic (exact) mass is 446 g/mol. The number of halogens is 1. The Labute approximate surface area is 183 Å². The van der Waals surface area contributed by atoms with Gasteiger partial charge in [-0.3, -0.25) is 4.79 Å². The van der Waals surface area contributed by atoms with Crippen LogP contribution in [-0.2, 0) is 23.3 Å². The van der Waals surface area contributed by atoms with Crippen LogP contribution < -0.4 is 10.1 Å². The highest BCUT2D eigenvalue weighted by atomic mass is 32.2. The molecule has 0 unspecified atom stereocenters. The molecule has 6 nitrogen and oxygen atoms in total. The predicted octanol–water partition coefficient (Wildman–Crippen LogP) is 4.44. The van der Waals surface area contributed by atoms with Crippen molar-refractivity contribution < 1.29 is 13.9 Å². The summed E-state index contributed by atoms with van der Waals surface area (Å²) in [6, 6.07) is 12.1. The second-order valence-electron chi connectivity index (χ2n) is 6.62. The van der Waals surface area contributed by atoms with E-state index in [0.29, 0.717) is 22.3 Å². The van der Waals surface area contributed by atoms with E-state index < -0.39 is 0 Å². The second kappa shape index (κ2) is 10.5. The van der Waals surface area contributed by atoms with Crippen molar-refractivity contribution in [3.05, 3.63) is 65.2 Å². The molecule has 0 aliphatic heterocycles. The second-order valence-corrected chi connectivity index (χ2v) is 8.55. The molecule has 3 rings (SSSR count). The van der Waals surface area contributed by atoms with E-state index in [4.69, 9.17) is 4.74 Å². The summed E-state index contributed by atoms with van der Waals surface area (Å²) in [7, 11) is 3.46. The van der Waals surface area contributed by atoms with E-state index in [-0.39, 0.29) is 17.5 Å². The number of amides is 1. The molecule has 158 valence electrons. The number of benzene rings is 2. The molecular weight excluding hydrogens is 423 g/mol. The first kappa shape index (κ1) is 22.2. The predicted molar refractivity (Wildman–Crippen MR) is 119 cm³/mol. The van der Waals surface area contributed by atoms with E-state index >= 15 is 0 Å². The molecule has 0 saturated heterocycles. The van der Waals surface area contributed by atoms with Gasteiger partial charge in [-0.25, -0.2) is 4.39 Å². The third-order valence-corrected chi connectivity index (χ3v) is 6.32. The maximum absolute atomic E-state index is 13.0. The van der Waals surface area contributed by atoms with Crippen LogP contribution in [0.2, 0.25) is 0 Å². The number of rotatable bonds is 9. The molecule has 0 spiro atoms. The Hall–Kier alpha value is -2.52. The van der Waals surface area contributed by atoms with Gasteiger partial charge in [0.05, 0.1) is 24.3 Å². The van der Waals surface area contributed by atoms with Crippen molar-refractivity contribution in [2.45, 2.75) is 23.6 Å². The van der Waals surface area contributed by atoms with Gasteiger partial charge in [-0.15, -0.1) is 22.0 Å². The minimum Gasteiger partial charge on any atom is -0.495 e. The van der Waals surface area contributed by atoms with Gasteiger partial charge in [0, 0.05) is 12.8 Å². The molecule has 0 fully saturated rings. The maximum Gasteiger partial charge on any atom is 0.234 e. The lowest BCUT2D eigenvalue weighted by atomic mass is 10.2. The molecule has 1 aromatic heterocycles. The highest BCUT2D eigenvalue weighted by Gasteiger charge is 2.13. The van der Waals surface area contributed by atoms with Gasteiger partial charge in [0.2, 0.25) is 5.91 Å². The number of anilines is 1. The molecule has 1 heterocycles. The van der Waals surface area contributed by atoms with Crippen LogP contribution in [0, 0.1) is 12.7 Å². The molecule has 2 aromatic carbocycles. The number of aryl methyl sites for hydroxylation is 1. The average Bonchev–Trinajstić information content (AvgIpc) is 3.08. The van der Waals surface area contributed by atoms with Crippen molar-refractivity contribution in [1.82, 2.24) is 14.8 Å². The Balaban J connectivity index is 1.50. The number of aromatic nitrogens is 3. The Bertz CT molecular complexity index is 1010. The van der Waals surface area contributed by atoms with Gasteiger partial charge in [0.1, 0.15) is 17.4 Å². The highest BCUT2D eigenvalue weighted by Crippen LogP contribution is 2.26. The summed E-state index contributed by atoms with van der Waals surface area (Å²) in [5, 5.41) is 12.0. The molecule has 0 radical (unpaired) electrons. The van der Waals surface area contributed by atoms with Gasteiger partial charge >= 0.3 is 0 Å². The van der Waals surface area contributed by atoms with Crippen molar-refractivity contribution in [3.8, 4) is 5.75 Å². The van der Waals surface area contributed by atoms with Gasteiger partial charge in [-0.05, 0) is 42.3 Å². The van der Waals surface area contributed by atoms with Crippen LogP contribution >= 0.6 is 23.5 Å². The highest BCUT2D eigenvalue weighted by molar-refractivity contribution is 7.99. The number of nitrogens with zero attached hydrogens (tertiary/aromatic N) is 3. The van der Waals surface area contributed by atoms with Crippen molar-refractivity contribution in [2.75, 3.05) is 18.2 Å². The number of methoxy groups -OCH3 is 1. The van der Waals surface area contributed by atoms with Crippen LogP contribution in [0.3, 0.4) is 0 Å². The minimum atomic E-state index is -0.233. The van der Waals surface area contributed by atoms with E-state index in [1.165, 1.54) is 23.9 Å². The molecule has 0 aliphatic rings. The molecule has 30 heavy (non-hydrogen) atoms. The molecule has 0 saturated carbocycles. The lowest BCUT2D eigenvalue weighted by Gasteiger charge is -2.10. The summed E-state index contributed by atoms with van der Waals surface area (Å²) >= 11 is 3.01. The third-order valence-electron chi connectivity index (χ3n) is 4.30. The van der Waals surface area contributed by atoms with Gasteiger partial charge < -0.3 is 14.6 Å². The van der Waals surface area contributed by atoms with Crippen LogP contribution in [0.4, 0.5) is 10.1 Å². The van der Waals surface area contributed by atoms with E-state index in [9.17, 15) is 9.18 Å². The fourth-order valence-electron chi connectivity index (χ4n) is 2.67. The molecule has 0 aliphatic carbocycles. The zero-order valence-electron chi connectivity index (χ0n) is 17.0. The molecule has 1 N–H and O–H groups in total. The third kappa shape index (κ3) is 5.99.